The zero-order chi connectivity index (χ0) is 15.7. The minimum absolute atomic E-state index is 0.193. The molecule has 0 amide bonds. The van der Waals surface area contributed by atoms with E-state index in [-0.39, 0.29) is 5.46 Å². The highest BCUT2D eigenvalue weighted by molar-refractivity contribution is 6.60. The van der Waals surface area contributed by atoms with Crippen LogP contribution in [0.2, 0.25) is 0 Å². The maximum atomic E-state index is 12.2. The highest BCUT2D eigenvalue weighted by atomic mass is 16.6. The molecule has 0 aliphatic rings. The lowest BCUT2D eigenvalue weighted by atomic mass is 9.77. The van der Waals surface area contributed by atoms with Gasteiger partial charge in [-0.15, -0.1) is 0 Å². The van der Waals surface area contributed by atoms with Crippen molar-refractivity contribution in [2.45, 2.75) is 33.3 Å². The van der Waals surface area contributed by atoms with E-state index in [0.29, 0.717) is 16.8 Å². The molecule has 0 saturated carbocycles. The summed E-state index contributed by atoms with van der Waals surface area (Å²) in [5.74, 6) is 0. The molecule has 1 aromatic rings. The molecule has 108 valence electrons. The Bertz CT molecular complexity index is 552. The van der Waals surface area contributed by atoms with Crippen molar-refractivity contribution in [2.24, 2.45) is 0 Å². The molecule has 6 heteroatoms. The average Bonchev–Trinajstić information content (AvgIpc) is 2.65. The summed E-state index contributed by atoms with van der Waals surface area (Å²) in [6.45, 7) is 14.4. The number of carbonyl (C=O) groups is 1. The van der Waals surface area contributed by atoms with Crippen molar-refractivity contribution in [2.75, 3.05) is 0 Å². The summed E-state index contributed by atoms with van der Waals surface area (Å²) >= 11 is 0. The normalized spacial score (nSPS) is 11.1. The van der Waals surface area contributed by atoms with Crippen LogP contribution >= 0.6 is 0 Å². The summed E-state index contributed by atoms with van der Waals surface area (Å²) in [4.78, 5) is 12.2. The fourth-order valence-electron chi connectivity index (χ4n) is 1.86. The second-order valence-corrected chi connectivity index (χ2v) is 5.55. The monoisotopic (exact) mass is 277 g/mol. The van der Waals surface area contributed by atoms with Gasteiger partial charge in [0, 0.05) is 17.2 Å². The van der Waals surface area contributed by atoms with Crippen LogP contribution in [0.4, 0.5) is 4.79 Å². The maximum Gasteiger partial charge on any atom is 0.490 e. The lowest BCUT2D eigenvalue weighted by molar-refractivity contribution is 0.0536. The first-order chi connectivity index (χ1) is 9.08. The van der Waals surface area contributed by atoms with Crippen LogP contribution in [0.5, 0.6) is 0 Å². The number of aromatic nitrogens is 1. The Morgan fingerprint density at radius 2 is 2.00 bits per heavy atom. The van der Waals surface area contributed by atoms with Crippen molar-refractivity contribution in [1.82, 2.24) is 4.57 Å². The van der Waals surface area contributed by atoms with E-state index >= 15 is 0 Å². The Hall–Kier alpha value is -1.79. The molecule has 0 aliphatic heterocycles. The van der Waals surface area contributed by atoms with Gasteiger partial charge >= 0.3 is 13.2 Å². The lowest BCUT2D eigenvalue weighted by Gasteiger charge is -2.20. The standard InChI is InChI=1S/C14H20BNO4/c1-7-11-12(9(2)3)10(15(18)19)8-16(11)13(17)20-14(4,5)6/h7-8,18-19H,1-2H2,3-6H3. The molecule has 0 aromatic carbocycles. The predicted molar refractivity (Wildman–Crippen MR) is 80.7 cm³/mol. The van der Waals surface area contributed by atoms with Gasteiger partial charge in [0.05, 0.1) is 5.69 Å². The molecule has 0 spiro atoms. The van der Waals surface area contributed by atoms with E-state index in [4.69, 9.17) is 4.74 Å². The Balaban J connectivity index is 3.41. The fourth-order valence-corrected chi connectivity index (χ4v) is 1.86. The molecule has 0 atom stereocenters. The van der Waals surface area contributed by atoms with Gasteiger partial charge < -0.3 is 14.8 Å². The van der Waals surface area contributed by atoms with Crippen molar-refractivity contribution in [3.63, 3.8) is 0 Å². The molecule has 0 aliphatic carbocycles. The molecule has 20 heavy (non-hydrogen) atoms. The van der Waals surface area contributed by atoms with Crippen LogP contribution < -0.4 is 5.46 Å². The van der Waals surface area contributed by atoms with E-state index in [1.54, 1.807) is 27.7 Å². The Morgan fingerprint density at radius 3 is 2.35 bits per heavy atom. The van der Waals surface area contributed by atoms with Crippen LogP contribution in [0.15, 0.2) is 19.4 Å². The average molecular weight is 277 g/mol. The summed E-state index contributed by atoms with van der Waals surface area (Å²) in [7, 11) is -1.70. The number of hydrogen-bond donors (Lipinski definition) is 2. The quantitative estimate of drug-likeness (QED) is 0.824. The first kappa shape index (κ1) is 16.3. The molecule has 2 N–H and O–H groups in total. The number of rotatable bonds is 3. The zero-order valence-electron chi connectivity index (χ0n) is 12.3. The van der Waals surface area contributed by atoms with Crippen molar-refractivity contribution < 1.29 is 19.6 Å². The van der Waals surface area contributed by atoms with E-state index in [1.807, 2.05) is 0 Å². The summed E-state index contributed by atoms with van der Waals surface area (Å²) in [5, 5.41) is 18.8. The van der Waals surface area contributed by atoms with Gasteiger partial charge in [0.15, 0.2) is 0 Å². The van der Waals surface area contributed by atoms with Gasteiger partial charge in [-0.2, -0.15) is 0 Å². The van der Waals surface area contributed by atoms with Crippen molar-refractivity contribution in [3.8, 4) is 0 Å². The van der Waals surface area contributed by atoms with Gasteiger partial charge in [-0.25, -0.2) is 4.79 Å². The van der Waals surface area contributed by atoms with Gasteiger partial charge in [-0.05, 0) is 39.3 Å². The summed E-state index contributed by atoms with van der Waals surface area (Å²) < 4.78 is 6.48. The van der Waals surface area contributed by atoms with Gasteiger partial charge in [0.1, 0.15) is 5.60 Å². The Labute approximate surface area is 119 Å². The number of hydrogen-bond acceptors (Lipinski definition) is 4. The van der Waals surface area contributed by atoms with Crippen LogP contribution in [0.1, 0.15) is 39.0 Å². The van der Waals surface area contributed by atoms with E-state index in [9.17, 15) is 14.8 Å². The number of nitrogens with zero attached hydrogens (tertiary/aromatic N) is 1. The van der Waals surface area contributed by atoms with Crippen molar-refractivity contribution in [3.05, 3.63) is 30.6 Å². The van der Waals surface area contributed by atoms with Crippen molar-refractivity contribution in [1.29, 1.82) is 0 Å². The minimum Gasteiger partial charge on any atom is -0.443 e. The van der Waals surface area contributed by atoms with Gasteiger partial charge in [-0.1, -0.05) is 13.2 Å². The molecule has 1 aromatic heterocycles. The van der Waals surface area contributed by atoms with Crippen molar-refractivity contribution >= 4 is 30.3 Å². The molecule has 1 heterocycles. The highest BCUT2D eigenvalue weighted by Gasteiger charge is 2.27. The predicted octanol–water partition coefficient (Wildman–Crippen LogP) is 1.63. The summed E-state index contributed by atoms with van der Waals surface area (Å²) in [6.07, 6.45) is 2.18. The zero-order valence-corrected chi connectivity index (χ0v) is 12.3. The number of carbonyl (C=O) groups excluding carboxylic acids is 1. The fraction of sp³-hybridized carbons (Fsp3) is 0.357. The SMILES string of the molecule is C=Cc1c(C(=C)C)c(B(O)O)cn1C(=O)OC(C)(C)C. The molecule has 0 bridgehead atoms. The number of ether oxygens (including phenoxy) is 1. The van der Waals surface area contributed by atoms with Crippen LogP contribution in [-0.2, 0) is 4.74 Å². The lowest BCUT2D eigenvalue weighted by Crippen LogP contribution is -2.31. The molecule has 0 radical (unpaired) electrons. The smallest absolute Gasteiger partial charge is 0.443 e. The van der Waals surface area contributed by atoms with Crippen LogP contribution in [-0.4, -0.2) is 33.4 Å². The van der Waals surface area contributed by atoms with E-state index in [0.717, 1.165) is 0 Å². The van der Waals surface area contributed by atoms with Crippen LogP contribution in [0.25, 0.3) is 11.6 Å². The summed E-state index contributed by atoms with van der Waals surface area (Å²) in [5.41, 5.74) is 1.06. The Kier molecular flexibility index (Phi) is 4.63. The van der Waals surface area contributed by atoms with E-state index in [2.05, 4.69) is 13.2 Å². The second kappa shape index (κ2) is 5.69. The van der Waals surface area contributed by atoms with Crippen LogP contribution in [0, 0.1) is 0 Å². The molecule has 5 nitrogen and oxygen atoms in total. The minimum atomic E-state index is -1.70. The first-order valence-corrected chi connectivity index (χ1v) is 6.21. The van der Waals surface area contributed by atoms with Gasteiger partial charge in [-0.3, -0.25) is 4.57 Å². The molecule has 0 saturated heterocycles. The van der Waals surface area contributed by atoms with Gasteiger partial charge in [0.25, 0.3) is 0 Å². The second-order valence-electron chi connectivity index (χ2n) is 5.55. The third-order valence-corrected chi connectivity index (χ3v) is 2.56. The maximum absolute atomic E-state index is 12.2. The third kappa shape index (κ3) is 3.40. The van der Waals surface area contributed by atoms with Crippen LogP contribution in [0.3, 0.4) is 0 Å². The van der Waals surface area contributed by atoms with E-state index < -0.39 is 18.8 Å². The van der Waals surface area contributed by atoms with Gasteiger partial charge in [0.2, 0.25) is 0 Å². The third-order valence-electron chi connectivity index (χ3n) is 2.56. The topological polar surface area (TPSA) is 71.7 Å². The molecular weight excluding hydrogens is 257 g/mol. The molecule has 1 rings (SSSR count). The molecular formula is C14H20BNO4. The van der Waals surface area contributed by atoms with E-state index in [1.165, 1.54) is 16.8 Å². The Morgan fingerprint density at radius 1 is 1.45 bits per heavy atom. The molecule has 0 unspecified atom stereocenters. The first-order valence-electron chi connectivity index (χ1n) is 6.21. The largest absolute Gasteiger partial charge is 0.490 e. The molecule has 0 fully saturated rings. The highest BCUT2D eigenvalue weighted by Crippen LogP contribution is 2.20. The number of allylic oxidation sites excluding steroid dienone is 1. The summed E-state index contributed by atoms with van der Waals surface area (Å²) in [6, 6.07) is 0.